The van der Waals surface area contributed by atoms with E-state index in [1.165, 1.54) is 12.1 Å². The molecule has 0 unspecified atom stereocenters. The van der Waals surface area contributed by atoms with Gasteiger partial charge in [0.05, 0.1) is 4.90 Å². The van der Waals surface area contributed by atoms with Crippen molar-refractivity contribution in [2.45, 2.75) is 23.8 Å². The van der Waals surface area contributed by atoms with Crippen LogP contribution in [0.4, 0.5) is 0 Å². The molecular formula is C12H13NO3S. The Morgan fingerprint density at radius 1 is 1.41 bits per heavy atom. The lowest BCUT2D eigenvalue weighted by Gasteiger charge is -2.05. The second-order valence-electron chi connectivity index (χ2n) is 3.88. The van der Waals surface area contributed by atoms with Crippen molar-refractivity contribution in [1.82, 2.24) is 4.72 Å². The van der Waals surface area contributed by atoms with Crippen molar-refractivity contribution >= 4 is 10.0 Å². The summed E-state index contributed by atoms with van der Waals surface area (Å²) in [5.41, 5.74) is 0.581. The van der Waals surface area contributed by atoms with E-state index in [0.717, 1.165) is 12.8 Å². The first-order chi connectivity index (χ1) is 8.12. The molecule has 1 fully saturated rings. The van der Waals surface area contributed by atoms with E-state index in [2.05, 4.69) is 16.6 Å². The number of sulfonamides is 1. The van der Waals surface area contributed by atoms with E-state index in [9.17, 15) is 8.42 Å². The molecule has 0 aliphatic heterocycles. The zero-order valence-electron chi connectivity index (χ0n) is 9.18. The van der Waals surface area contributed by atoms with Crippen LogP contribution < -0.4 is 4.72 Å². The SMILES string of the molecule is O=S(=O)(NC1CC1)c1cccc(C#CCO)c1. The Balaban J connectivity index is 2.25. The Morgan fingerprint density at radius 3 is 2.82 bits per heavy atom. The van der Waals surface area contributed by atoms with Crippen LogP contribution in [0.3, 0.4) is 0 Å². The van der Waals surface area contributed by atoms with Gasteiger partial charge in [0.25, 0.3) is 0 Å². The highest BCUT2D eigenvalue weighted by Crippen LogP contribution is 2.22. The van der Waals surface area contributed by atoms with Gasteiger partial charge in [-0.3, -0.25) is 0 Å². The summed E-state index contributed by atoms with van der Waals surface area (Å²) in [4.78, 5) is 0.217. The molecule has 1 aliphatic rings. The van der Waals surface area contributed by atoms with Crippen LogP contribution in [-0.2, 0) is 10.0 Å². The summed E-state index contributed by atoms with van der Waals surface area (Å²) in [5.74, 6) is 5.17. The number of nitrogens with one attached hydrogen (secondary N) is 1. The largest absolute Gasteiger partial charge is 0.384 e. The quantitative estimate of drug-likeness (QED) is 0.767. The maximum atomic E-state index is 11.9. The molecule has 5 heteroatoms. The monoisotopic (exact) mass is 251 g/mol. The summed E-state index contributed by atoms with van der Waals surface area (Å²) in [5, 5.41) is 8.58. The summed E-state index contributed by atoms with van der Waals surface area (Å²) in [6.07, 6.45) is 1.81. The van der Waals surface area contributed by atoms with Gasteiger partial charge in [-0.1, -0.05) is 17.9 Å². The van der Waals surface area contributed by atoms with E-state index in [1.54, 1.807) is 12.1 Å². The van der Waals surface area contributed by atoms with Crippen molar-refractivity contribution in [3.8, 4) is 11.8 Å². The number of hydrogen-bond donors (Lipinski definition) is 2. The van der Waals surface area contributed by atoms with Crippen molar-refractivity contribution in [1.29, 1.82) is 0 Å². The number of aliphatic hydroxyl groups excluding tert-OH is 1. The molecular weight excluding hydrogens is 238 g/mol. The Morgan fingerprint density at radius 2 is 2.18 bits per heavy atom. The summed E-state index contributed by atoms with van der Waals surface area (Å²) >= 11 is 0. The van der Waals surface area contributed by atoms with Crippen LogP contribution in [0.25, 0.3) is 0 Å². The maximum absolute atomic E-state index is 11.9. The van der Waals surface area contributed by atoms with Gasteiger partial charge < -0.3 is 5.11 Å². The average molecular weight is 251 g/mol. The van der Waals surface area contributed by atoms with Gasteiger partial charge in [-0.25, -0.2) is 13.1 Å². The average Bonchev–Trinajstić information content (AvgIpc) is 3.10. The van der Waals surface area contributed by atoms with E-state index >= 15 is 0 Å². The second kappa shape index (κ2) is 4.88. The summed E-state index contributed by atoms with van der Waals surface area (Å²) < 4.78 is 26.4. The molecule has 0 bridgehead atoms. The molecule has 4 nitrogen and oxygen atoms in total. The zero-order chi connectivity index (χ0) is 12.3. The predicted molar refractivity (Wildman–Crippen MR) is 63.7 cm³/mol. The van der Waals surface area contributed by atoms with Gasteiger partial charge in [-0.2, -0.15) is 0 Å². The van der Waals surface area contributed by atoms with Crippen molar-refractivity contribution in [3.63, 3.8) is 0 Å². The Bertz CT molecular complexity index is 565. The highest BCUT2D eigenvalue weighted by molar-refractivity contribution is 7.89. The molecule has 0 spiro atoms. The van der Waals surface area contributed by atoms with E-state index in [1.807, 2.05) is 0 Å². The second-order valence-corrected chi connectivity index (χ2v) is 5.60. The van der Waals surface area contributed by atoms with Crippen LogP contribution >= 0.6 is 0 Å². The van der Waals surface area contributed by atoms with Gasteiger partial charge in [0.15, 0.2) is 0 Å². The van der Waals surface area contributed by atoms with Crippen LogP contribution in [0.15, 0.2) is 29.2 Å². The first-order valence-electron chi connectivity index (χ1n) is 5.34. The van der Waals surface area contributed by atoms with Crippen LogP contribution in [0.5, 0.6) is 0 Å². The number of hydrogen-bond acceptors (Lipinski definition) is 3. The molecule has 90 valence electrons. The Hall–Kier alpha value is -1.35. The minimum absolute atomic E-state index is 0.0900. The first kappa shape index (κ1) is 12.1. The minimum Gasteiger partial charge on any atom is -0.384 e. The lowest BCUT2D eigenvalue weighted by Crippen LogP contribution is -2.25. The highest BCUT2D eigenvalue weighted by Gasteiger charge is 2.27. The molecule has 0 saturated heterocycles. The Kier molecular flexibility index (Phi) is 3.48. The van der Waals surface area contributed by atoms with Crippen molar-refractivity contribution in [2.24, 2.45) is 0 Å². The smallest absolute Gasteiger partial charge is 0.240 e. The molecule has 1 aliphatic carbocycles. The summed E-state index contributed by atoms with van der Waals surface area (Å²) in [7, 11) is -3.42. The molecule has 0 amide bonds. The normalized spacial score (nSPS) is 15.1. The fraction of sp³-hybridized carbons (Fsp3) is 0.333. The van der Waals surface area contributed by atoms with Gasteiger partial charge in [0.2, 0.25) is 10.0 Å². The van der Waals surface area contributed by atoms with E-state index < -0.39 is 10.0 Å². The van der Waals surface area contributed by atoms with Crippen molar-refractivity contribution < 1.29 is 13.5 Å². The van der Waals surface area contributed by atoms with Gasteiger partial charge in [0, 0.05) is 11.6 Å². The zero-order valence-corrected chi connectivity index (χ0v) is 10.00. The molecule has 0 heterocycles. The fourth-order valence-corrected chi connectivity index (χ4v) is 2.72. The van der Waals surface area contributed by atoms with Gasteiger partial charge in [0.1, 0.15) is 6.61 Å². The van der Waals surface area contributed by atoms with E-state index in [4.69, 9.17) is 5.11 Å². The van der Waals surface area contributed by atoms with Crippen LogP contribution in [0.2, 0.25) is 0 Å². The molecule has 1 saturated carbocycles. The van der Waals surface area contributed by atoms with E-state index in [0.29, 0.717) is 5.56 Å². The highest BCUT2D eigenvalue weighted by atomic mass is 32.2. The van der Waals surface area contributed by atoms with E-state index in [-0.39, 0.29) is 17.5 Å². The number of rotatable bonds is 3. The van der Waals surface area contributed by atoms with Crippen LogP contribution in [0.1, 0.15) is 18.4 Å². The number of benzene rings is 1. The summed E-state index contributed by atoms with van der Waals surface area (Å²) in [6.45, 7) is -0.239. The third kappa shape index (κ3) is 3.30. The molecule has 0 atom stereocenters. The molecule has 1 aromatic carbocycles. The first-order valence-corrected chi connectivity index (χ1v) is 6.82. The van der Waals surface area contributed by atoms with Gasteiger partial charge in [-0.05, 0) is 31.0 Å². The lowest BCUT2D eigenvalue weighted by atomic mass is 10.2. The fourth-order valence-electron chi connectivity index (χ4n) is 1.37. The third-order valence-corrected chi connectivity index (χ3v) is 3.87. The van der Waals surface area contributed by atoms with Crippen molar-refractivity contribution in [3.05, 3.63) is 29.8 Å². The molecule has 0 radical (unpaired) electrons. The molecule has 17 heavy (non-hydrogen) atoms. The predicted octanol–water partition coefficient (Wildman–Crippen LogP) is 0.471. The molecule has 2 N–H and O–H groups in total. The van der Waals surface area contributed by atoms with Gasteiger partial charge >= 0.3 is 0 Å². The lowest BCUT2D eigenvalue weighted by molar-refractivity contribution is 0.350. The maximum Gasteiger partial charge on any atom is 0.240 e. The molecule has 2 rings (SSSR count). The topological polar surface area (TPSA) is 66.4 Å². The number of aliphatic hydroxyl groups is 1. The molecule has 0 aromatic heterocycles. The standard InChI is InChI=1S/C12H13NO3S/c14-8-2-4-10-3-1-5-12(9-10)17(15,16)13-11-6-7-11/h1,3,5,9,11,13-14H,6-8H2. The van der Waals surface area contributed by atoms with Crippen LogP contribution in [0, 0.1) is 11.8 Å². The minimum atomic E-state index is -3.42. The third-order valence-electron chi connectivity index (χ3n) is 2.36. The van der Waals surface area contributed by atoms with Crippen molar-refractivity contribution in [2.75, 3.05) is 6.61 Å². The molecule has 1 aromatic rings. The van der Waals surface area contributed by atoms with Gasteiger partial charge in [-0.15, -0.1) is 0 Å². The summed E-state index contributed by atoms with van der Waals surface area (Å²) in [6, 6.07) is 6.48. The Labute approximate surface area is 101 Å². The van der Waals surface area contributed by atoms with Crippen LogP contribution in [-0.4, -0.2) is 26.2 Å².